The van der Waals surface area contributed by atoms with E-state index in [4.69, 9.17) is 21.1 Å². The molecule has 69 heavy (non-hydrogen) atoms. The van der Waals surface area contributed by atoms with Crippen molar-refractivity contribution in [3.63, 3.8) is 0 Å². The molecule has 352 valence electrons. The first kappa shape index (κ1) is 44.8. The predicted octanol–water partition coefficient (Wildman–Crippen LogP) is 8.36. The maximum atomic E-state index is 13.7. The van der Waals surface area contributed by atoms with Crippen LogP contribution in [0.4, 0.5) is 0 Å². The molecule has 0 saturated carbocycles. The van der Waals surface area contributed by atoms with Crippen molar-refractivity contribution in [1.82, 2.24) is 19.8 Å². The highest BCUT2D eigenvalue weighted by atomic mass is 35.5. The lowest BCUT2D eigenvalue weighted by atomic mass is 9.71. The molecular formula is C57H56ClN4O7+. The number of amides is 2. The highest BCUT2D eigenvalue weighted by Crippen LogP contribution is 2.50. The Bertz CT molecular complexity index is 3290. The van der Waals surface area contributed by atoms with Crippen LogP contribution >= 0.6 is 11.6 Å². The number of hydrogen-bond donors (Lipinski definition) is 3. The molecule has 1 unspecified atom stereocenters. The Kier molecular flexibility index (Phi) is 11.9. The summed E-state index contributed by atoms with van der Waals surface area (Å²) in [6.45, 7) is 4.64. The number of carbonyl (C=O) groups is 4. The summed E-state index contributed by atoms with van der Waals surface area (Å²) in [5.74, 6) is 1.06. The van der Waals surface area contributed by atoms with Crippen molar-refractivity contribution in [3.05, 3.63) is 155 Å². The van der Waals surface area contributed by atoms with E-state index >= 15 is 0 Å². The minimum absolute atomic E-state index is 0.0597. The smallest absolute Gasteiger partial charge is 0.336 e. The molecular weight excluding hydrogens is 888 g/mol. The zero-order chi connectivity index (χ0) is 47.5. The first-order valence-corrected chi connectivity index (χ1v) is 25.0. The molecule has 0 saturated heterocycles. The van der Waals surface area contributed by atoms with Crippen molar-refractivity contribution in [2.45, 2.75) is 96.3 Å². The highest BCUT2D eigenvalue weighted by molar-refractivity contribution is 6.30. The quantitative estimate of drug-likeness (QED) is 0.0827. The minimum Gasteiger partial charge on any atom is -0.497 e. The number of aromatic carboxylic acids is 1. The van der Waals surface area contributed by atoms with E-state index in [0.29, 0.717) is 65.0 Å². The van der Waals surface area contributed by atoms with Crippen LogP contribution in [0.1, 0.15) is 139 Å². The van der Waals surface area contributed by atoms with E-state index in [1.807, 2.05) is 25.1 Å². The number of halogens is 1. The van der Waals surface area contributed by atoms with Gasteiger partial charge in [0.1, 0.15) is 30.3 Å². The largest absolute Gasteiger partial charge is 0.497 e. The molecule has 0 radical (unpaired) electrons. The summed E-state index contributed by atoms with van der Waals surface area (Å²) in [6.07, 6.45) is 11.9. The third-order valence-electron chi connectivity index (χ3n) is 15.3. The average molecular weight is 945 g/mol. The predicted molar refractivity (Wildman–Crippen MR) is 266 cm³/mol. The number of benzene rings is 5. The Labute approximate surface area is 405 Å². The van der Waals surface area contributed by atoms with E-state index in [2.05, 4.69) is 27.3 Å². The molecule has 6 aromatic rings. The number of nitrogens with one attached hydrogen (secondary N) is 2. The van der Waals surface area contributed by atoms with Crippen LogP contribution in [0.25, 0.3) is 16.5 Å². The van der Waals surface area contributed by atoms with Gasteiger partial charge < -0.3 is 25.2 Å². The molecule has 2 amide bonds. The number of hydrogen-bond acceptors (Lipinski definition) is 6. The summed E-state index contributed by atoms with van der Waals surface area (Å²) in [5, 5.41) is 20.5. The summed E-state index contributed by atoms with van der Waals surface area (Å²) in [5.41, 5.74) is 12.0. The zero-order valence-corrected chi connectivity index (χ0v) is 40.0. The van der Waals surface area contributed by atoms with Crippen molar-refractivity contribution in [2.75, 3.05) is 33.3 Å². The van der Waals surface area contributed by atoms with Gasteiger partial charge in [0.15, 0.2) is 0 Å². The lowest BCUT2D eigenvalue weighted by molar-refractivity contribution is -0.120. The van der Waals surface area contributed by atoms with Crippen molar-refractivity contribution in [3.8, 4) is 17.2 Å². The Hall–Kier alpha value is -6.72. The molecule has 11 rings (SSSR count). The number of methoxy groups -OCH3 is 1. The molecule has 5 aromatic carbocycles. The molecule has 4 heterocycles. The zero-order valence-electron chi connectivity index (χ0n) is 39.2. The fraction of sp³-hybridized carbons (Fsp3) is 0.351. The van der Waals surface area contributed by atoms with Crippen LogP contribution in [0, 0.1) is 6.92 Å². The van der Waals surface area contributed by atoms with E-state index in [1.165, 1.54) is 52.1 Å². The van der Waals surface area contributed by atoms with Gasteiger partial charge in [-0.05, 0) is 172 Å². The van der Waals surface area contributed by atoms with Crippen molar-refractivity contribution >= 4 is 51.8 Å². The lowest BCUT2D eigenvalue weighted by Crippen LogP contribution is -2.45. The number of carboxylic acids is 1. The fourth-order valence-electron chi connectivity index (χ4n) is 12.1. The minimum atomic E-state index is -1.09. The molecule has 1 aromatic heterocycles. The van der Waals surface area contributed by atoms with Crippen molar-refractivity contribution in [1.29, 1.82) is 0 Å². The van der Waals surface area contributed by atoms with E-state index in [1.54, 1.807) is 48.1 Å². The van der Waals surface area contributed by atoms with Crippen LogP contribution in [0.3, 0.4) is 0 Å². The number of unbranched alkanes of at least 4 members (excludes halogenated alkanes) is 1. The summed E-state index contributed by atoms with van der Waals surface area (Å²) < 4.78 is 16.8. The van der Waals surface area contributed by atoms with Gasteiger partial charge in [-0.1, -0.05) is 17.7 Å². The van der Waals surface area contributed by atoms with Gasteiger partial charge >= 0.3 is 5.97 Å². The molecule has 1 atom stereocenters. The fourth-order valence-corrected chi connectivity index (χ4v) is 12.2. The van der Waals surface area contributed by atoms with E-state index in [-0.39, 0.29) is 35.3 Å². The second-order valence-electron chi connectivity index (χ2n) is 19.3. The maximum Gasteiger partial charge on any atom is 0.336 e. The second-order valence-corrected chi connectivity index (χ2v) is 19.8. The van der Waals surface area contributed by atoms with E-state index in [9.17, 15) is 24.3 Å². The van der Waals surface area contributed by atoms with Gasteiger partial charge in [-0.3, -0.25) is 19.0 Å². The normalized spacial score (nSPS) is 16.4. The van der Waals surface area contributed by atoms with Crippen LogP contribution in [-0.4, -0.2) is 66.7 Å². The van der Waals surface area contributed by atoms with Crippen LogP contribution in [0.15, 0.2) is 72.8 Å². The van der Waals surface area contributed by atoms with Gasteiger partial charge in [-0.25, -0.2) is 9.37 Å². The average Bonchev–Trinajstić information content (AvgIpc) is 3.63. The molecule has 3 N–H and O–H groups in total. The SMILES string of the molecule is COc1ccc2c(c1)c(CC(=O)NCCCCNC(=O)c1ccc(C3=c4cc5c6c(c4Oc4c3cc3c7c4CCCC7CCC3)CCC[N+]=6CCC5)c(C(=O)O)c1)c(C)n2C(=O)c1ccc(Cl)cc1. The summed E-state index contributed by atoms with van der Waals surface area (Å²) in [4.78, 5) is 54.2. The molecule has 0 fully saturated rings. The number of fused-ring (bicyclic) bond motifs is 5. The molecule has 0 bridgehead atoms. The summed E-state index contributed by atoms with van der Waals surface area (Å²) in [6, 6.07) is 21.9. The first-order valence-electron chi connectivity index (χ1n) is 24.7. The van der Waals surface area contributed by atoms with Crippen LogP contribution < -0.4 is 35.3 Å². The third-order valence-corrected chi connectivity index (χ3v) is 15.5. The molecule has 3 aliphatic heterocycles. The number of ether oxygens (including phenoxy) is 2. The number of aryl methyl sites for hydroxylation is 2. The van der Waals surface area contributed by atoms with Gasteiger partial charge in [0, 0.05) is 75.1 Å². The molecule has 0 spiro atoms. The lowest BCUT2D eigenvalue weighted by Gasteiger charge is -2.36. The summed E-state index contributed by atoms with van der Waals surface area (Å²) in [7, 11) is 1.58. The Morgan fingerprint density at radius 2 is 1.52 bits per heavy atom. The van der Waals surface area contributed by atoms with Gasteiger partial charge in [-0.15, -0.1) is 0 Å². The molecule has 11 nitrogen and oxygen atoms in total. The second kappa shape index (κ2) is 18.3. The van der Waals surface area contributed by atoms with Crippen LogP contribution in [-0.2, 0) is 36.9 Å². The summed E-state index contributed by atoms with van der Waals surface area (Å²) >= 11 is 6.09. The van der Waals surface area contributed by atoms with Crippen molar-refractivity contribution < 1.29 is 33.8 Å². The Balaban J connectivity index is 0.812. The molecule has 5 aliphatic rings. The number of nitrogens with zero attached hydrogens (tertiary/aromatic N) is 2. The first-order chi connectivity index (χ1) is 33.6. The van der Waals surface area contributed by atoms with Crippen molar-refractivity contribution in [2.24, 2.45) is 0 Å². The van der Waals surface area contributed by atoms with Crippen LogP contribution in [0.5, 0.6) is 17.2 Å². The van der Waals surface area contributed by atoms with E-state index in [0.717, 1.165) is 103 Å². The Morgan fingerprint density at radius 1 is 0.797 bits per heavy atom. The van der Waals surface area contributed by atoms with Gasteiger partial charge in [-0.2, -0.15) is 0 Å². The van der Waals surface area contributed by atoms with Gasteiger partial charge in [0.2, 0.25) is 11.3 Å². The van der Waals surface area contributed by atoms with Gasteiger partial charge in [0.05, 0.1) is 30.2 Å². The van der Waals surface area contributed by atoms with Crippen LogP contribution in [0.2, 0.25) is 5.02 Å². The molecule has 12 heteroatoms. The number of rotatable bonds is 12. The molecule has 2 aliphatic carbocycles. The highest BCUT2D eigenvalue weighted by Gasteiger charge is 2.37. The number of aromatic nitrogens is 1. The third kappa shape index (κ3) is 7.98. The van der Waals surface area contributed by atoms with Gasteiger partial charge in [0.25, 0.3) is 11.8 Å². The maximum absolute atomic E-state index is 13.7. The number of carboxylic acid groups (broad SMARTS) is 1. The Morgan fingerprint density at radius 3 is 2.30 bits per heavy atom. The monoisotopic (exact) mass is 943 g/mol. The number of carbonyl (C=O) groups excluding carboxylic acids is 3. The van der Waals surface area contributed by atoms with E-state index < -0.39 is 5.97 Å². The topological polar surface area (TPSA) is 139 Å². The standard InChI is InChI=1S/C57H55ClN4O7/c1-32-43(44-30-39(68-2)20-22-48(44)62(32)56(65)34-15-18-38(58)19-16-34)31-49(63)59-23-3-4-24-60-55(64)37-17-21-40(45(29-37)57(66)67)51-46-27-35-11-5-9-33-10-6-13-41(50(33)35)53(46)69-54-42-14-8-26-61-25-7-12-36(52(42)61)28-47(51)54/h15-22,27-30,33H,3-14,23-26,31H2,1-2H3,(H2-,59,60,63,64,66,67)/p+1.